The van der Waals surface area contributed by atoms with E-state index >= 15 is 0 Å². The first kappa shape index (κ1) is 10.2. The van der Waals surface area contributed by atoms with E-state index < -0.39 is 0 Å². The van der Waals surface area contributed by atoms with Crippen LogP contribution in [0.1, 0.15) is 11.3 Å². The van der Waals surface area contributed by atoms with Gasteiger partial charge >= 0.3 is 0 Å². The Balaban J connectivity index is 2.11. The van der Waals surface area contributed by atoms with Crippen molar-refractivity contribution in [3.63, 3.8) is 0 Å². The lowest BCUT2D eigenvalue weighted by Gasteiger charge is -2.07. The Bertz CT molecular complexity index is 523. The van der Waals surface area contributed by atoms with Crippen LogP contribution in [0.5, 0.6) is 0 Å². The summed E-state index contributed by atoms with van der Waals surface area (Å²) < 4.78 is 1.79. The Morgan fingerprint density at radius 2 is 2.31 bits per heavy atom. The van der Waals surface area contributed by atoms with E-state index in [0.29, 0.717) is 12.1 Å². The number of aryl methyl sites for hydroxylation is 1. The van der Waals surface area contributed by atoms with Gasteiger partial charge in [-0.05, 0) is 12.1 Å². The van der Waals surface area contributed by atoms with Gasteiger partial charge in [0.05, 0.1) is 29.7 Å². The Morgan fingerprint density at radius 3 is 3.00 bits per heavy atom. The summed E-state index contributed by atoms with van der Waals surface area (Å²) in [7, 11) is 1.88. The summed E-state index contributed by atoms with van der Waals surface area (Å²) in [5.41, 5.74) is 2.39. The molecule has 2 heterocycles. The number of rotatable bonds is 3. The van der Waals surface area contributed by atoms with Crippen LogP contribution in [0, 0.1) is 11.3 Å². The quantitative estimate of drug-likeness (QED) is 0.834. The molecule has 0 atom stereocenters. The van der Waals surface area contributed by atoms with E-state index in [0.717, 1.165) is 11.4 Å². The van der Waals surface area contributed by atoms with E-state index in [1.54, 1.807) is 29.3 Å². The first-order valence-electron chi connectivity index (χ1n) is 4.86. The molecule has 0 fully saturated rings. The second-order valence-electron chi connectivity index (χ2n) is 3.33. The molecular formula is C11H11N5. The number of nitriles is 1. The van der Waals surface area contributed by atoms with E-state index in [-0.39, 0.29) is 0 Å². The topological polar surface area (TPSA) is 66.5 Å². The number of nitrogens with zero attached hydrogens (tertiary/aromatic N) is 4. The fraction of sp³-hybridized carbons (Fsp3) is 0.182. The highest BCUT2D eigenvalue weighted by Crippen LogP contribution is 2.12. The molecule has 2 rings (SSSR count). The minimum atomic E-state index is 0.595. The molecule has 5 heteroatoms. The summed E-state index contributed by atoms with van der Waals surface area (Å²) in [6.45, 7) is 0.622. The first-order chi connectivity index (χ1) is 7.81. The monoisotopic (exact) mass is 213 g/mol. The van der Waals surface area contributed by atoms with Gasteiger partial charge in [-0.2, -0.15) is 10.4 Å². The van der Waals surface area contributed by atoms with E-state index in [9.17, 15) is 0 Å². The molecule has 1 N–H and O–H groups in total. The van der Waals surface area contributed by atoms with Gasteiger partial charge < -0.3 is 5.32 Å². The lowest BCUT2D eigenvalue weighted by atomic mass is 10.2. The van der Waals surface area contributed by atoms with Gasteiger partial charge in [0.15, 0.2) is 0 Å². The largest absolute Gasteiger partial charge is 0.377 e. The normalized spacial score (nSPS) is 9.75. The lowest BCUT2D eigenvalue weighted by molar-refractivity contribution is 0.720. The fourth-order valence-electron chi connectivity index (χ4n) is 1.39. The summed E-state index contributed by atoms with van der Waals surface area (Å²) >= 11 is 0. The van der Waals surface area contributed by atoms with Gasteiger partial charge in [-0.1, -0.05) is 0 Å². The third-order valence-electron chi connectivity index (χ3n) is 2.32. The van der Waals surface area contributed by atoms with Crippen molar-refractivity contribution in [2.24, 2.45) is 7.05 Å². The van der Waals surface area contributed by atoms with Crippen LogP contribution < -0.4 is 5.32 Å². The zero-order valence-electron chi connectivity index (χ0n) is 8.88. The molecule has 2 aromatic heterocycles. The second-order valence-corrected chi connectivity index (χ2v) is 3.33. The van der Waals surface area contributed by atoms with Crippen LogP contribution in [-0.4, -0.2) is 14.8 Å². The molecule has 0 aromatic carbocycles. The standard InChI is InChI=1S/C11H11N5/c1-16-10(3-5-15-16)7-14-11-8-13-4-2-9(11)6-12/h2-5,8,14H,7H2,1H3. The maximum atomic E-state index is 8.89. The molecular weight excluding hydrogens is 202 g/mol. The molecule has 0 aliphatic rings. The van der Waals surface area contributed by atoms with Crippen molar-refractivity contribution in [3.05, 3.63) is 42.0 Å². The SMILES string of the molecule is Cn1nccc1CNc1cnccc1C#N. The molecule has 0 bridgehead atoms. The fourth-order valence-corrected chi connectivity index (χ4v) is 1.39. The maximum Gasteiger partial charge on any atom is 0.101 e. The van der Waals surface area contributed by atoms with Crippen LogP contribution in [0.2, 0.25) is 0 Å². The summed E-state index contributed by atoms with van der Waals surface area (Å²) in [6, 6.07) is 5.73. The molecule has 0 saturated heterocycles. The number of aromatic nitrogens is 3. The van der Waals surface area contributed by atoms with Gasteiger partial charge in [-0.3, -0.25) is 9.67 Å². The molecule has 0 aliphatic carbocycles. The predicted octanol–water partition coefficient (Wildman–Crippen LogP) is 1.30. The van der Waals surface area contributed by atoms with Crippen LogP contribution in [0.4, 0.5) is 5.69 Å². The predicted molar refractivity (Wildman–Crippen MR) is 59.5 cm³/mol. The molecule has 0 unspecified atom stereocenters. The van der Waals surface area contributed by atoms with Crippen molar-refractivity contribution < 1.29 is 0 Å². The van der Waals surface area contributed by atoms with Gasteiger partial charge in [0, 0.05) is 19.4 Å². The second kappa shape index (κ2) is 4.45. The zero-order chi connectivity index (χ0) is 11.4. The zero-order valence-corrected chi connectivity index (χ0v) is 8.88. The Hall–Kier alpha value is -2.35. The van der Waals surface area contributed by atoms with Crippen LogP contribution in [0.15, 0.2) is 30.7 Å². The van der Waals surface area contributed by atoms with E-state index in [1.807, 2.05) is 13.1 Å². The van der Waals surface area contributed by atoms with Crippen molar-refractivity contribution >= 4 is 5.69 Å². The average molecular weight is 213 g/mol. The highest BCUT2D eigenvalue weighted by molar-refractivity contribution is 5.55. The van der Waals surface area contributed by atoms with E-state index in [2.05, 4.69) is 21.5 Å². The Kier molecular flexibility index (Phi) is 2.83. The van der Waals surface area contributed by atoms with E-state index in [1.165, 1.54) is 0 Å². The van der Waals surface area contributed by atoms with Crippen molar-refractivity contribution in [2.75, 3.05) is 5.32 Å². The highest BCUT2D eigenvalue weighted by atomic mass is 15.3. The average Bonchev–Trinajstić information content (AvgIpc) is 2.72. The number of nitrogens with one attached hydrogen (secondary N) is 1. The van der Waals surface area contributed by atoms with Crippen molar-refractivity contribution in [2.45, 2.75) is 6.54 Å². The molecule has 5 nitrogen and oxygen atoms in total. The molecule has 0 amide bonds. The molecule has 80 valence electrons. The third-order valence-corrected chi connectivity index (χ3v) is 2.32. The molecule has 16 heavy (non-hydrogen) atoms. The van der Waals surface area contributed by atoms with Crippen LogP contribution in [0.3, 0.4) is 0 Å². The maximum absolute atomic E-state index is 8.89. The third kappa shape index (κ3) is 2.01. The lowest BCUT2D eigenvalue weighted by Crippen LogP contribution is -2.06. The Labute approximate surface area is 93.4 Å². The van der Waals surface area contributed by atoms with Gasteiger partial charge in [0.25, 0.3) is 0 Å². The van der Waals surface area contributed by atoms with Gasteiger partial charge in [-0.15, -0.1) is 0 Å². The summed E-state index contributed by atoms with van der Waals surface area (Å²) in [4.78, 5) is 3.98. The molecule has 0 spiro atoms. The first-order valence-corrected chi connectivity index (χ1v) is 4.86. The van der Waals surface area contributed by atoms with Crippen LogP contribution in [0.25, 0.3) is 0 Å². The van der Waals surface area contributed by atoms with Crippen molar-refractivity contribution in [1.82, 2.24) is 14.8 Å². The summed E-state index contributed by atoms with van der Waals surface area (Å²) in [5, 5.41) is 16.1. The number of hydrogen-bond acceptors (Lipinski definition) is 4. The summed E-state index contributed by atoms with van der Waals surface area (Å²) in [5.74, 6) is 0. The Morgan fingerprint density at radius 1 is 1.44 bits per heavy atom. The van der Waals surface area contributed by atoms with E-state index in [4.69, 9.17) is 5.26 Å². The number of anilines is 1. The molecule has 0 radical (unpaired) electrons. The molecule has 2 aromatic rings. The van der Waals surface area contributed by atoms with Crippen LogP contribution >= 0.6 is 0 Å². The van der Waals surface area contributed by atoms with Gasteiger partial charge in [0.2, 0.25) is 0 Å². The molecule has 0 aliphatic heterocycles. The molecule has 0 saturated carbocycles. The number of pyridine rings is 1. The highest BCUT2D eigenvalue weighted by Gasteiger charge is 2.02. The smallest absolute Gasteiger partial charge is 0.101 e. The minimum Gasteiger partial charge on any atom is -0.377 e. The van der Waals surface area contributed by atoms with Crippen molar-refractivity contribution in [1.29, 1.82) is 5.26 Å². The van der Waals surface area contributed by atoms with Gasteiger partial charge in [0.1, 0.15) is 6.07 Å². The minimum absolute atomic E-state index is 0.595. The van der Waals surface area contributed by atoms with Crippen molar-refractivity contribution in [3.8, 4) is 6.07 Å². The number of hydrogen-bond donors (Lipinski definition) is 1. The summed E-state index contributed by atoms with van der Waals surface area (Å²) in [6.07, 6.45) is 4.99. The van der Waals surface area contributed by atoms with Gasteiger partial charge in [-0.25, -0.2) is 0 Å². The van der Waals surface area contributed by atoms with Crippen LogP contribution in [-0.2, 0) is 13.6 Å².